The van der Waals surface area contributed by atoms with Gasteiger partial charge >= 0.3 is 12.2 Å². The summed E-state index contributed by atoms with van der Waals surface area (Å²) in [5.74, 6) is 0.588. The zero-order valence-electron chi connectivity index (χ0n) is 9.96. The molecule has 1 fully saturated rings. The van der Waals surface area contributed by atoms with Crippen LogP contribution in [-0.2, 0) is 0 Å². The van der Waals surface area contributed by atoms with Crippen molar-refractivity contribution in [3.63, 3.8) is 0 Å². The van der Waals surface area contributed by atoms with Crippen LogP contribution in [0.4, 0.5) is 9.59 Å². The smallest absolute Gasteiger partial charge is 0.404 e. The van der Waals surface area contributed by atoms with Crippen molar-refractivity contribution in [2.45, 2.75) is 36.6 Å². The van der Waals surface area contributed by atoms with Gasteiger partial charge < -0.3 is 26.6 Å². The fourth-order valence-electron chi connectivity index (χ4n) is 2.07. The number of nitrogens with one attached hydrogen (secondary N) is 2. The topological polar surface area (TPSA) is 125 Å². The number of hydrogen-bond donors (Lipinski definition) is 5. The predicted molar refractivity (Wildman–Crippen MR) is 69.0 cm³/mol. The van der Waals surface area contributed by atoms with E-state index in [9.17, 15) is 9.59 Å². The van der Waals surface area contributed by atoms with Crippen molar-refractivity contribution in [3.05, 3.63) is 0 Å². The third kappa shape index (κ3) is 4.61. The Bertz CT molecular complexity index is 303. The number of thioether (sulfide) groups is 1. The van der Waals surface area contributed by atoms with Crippen LogP contribution in [0.15, 0.2) is 0 Å². The number of amides is 2. The third-order valence-electron chi connectivity index (χ3n) is 2.87. The van der Waals surface area contributed by atoms with E-state index in [0.717, 1.165) is 19.3 Å². The molecule has 0 aliphatic carbocycles. The fourth-order valence-corrected chi connectivity index (χ4v) is 3.62. The lowest BCUT2D eigenvalue weighted by Gasteiger charge is -2.23. The van der Waals surface area contributed by atoms with E-state index in [1.807, 2.05) is 0 Å². The lowest BCUT2D eigenvalue weighted by atomic mass is 10.0. The highest BCUT2D eigenvalue weighted by atomic mass is 32.2. The van der Waals surface area contributed by atoms with Gasteiger partial charge in [-0.05, 0) is 19.4 Å². The molecule has 1 rings (SSSR count). The quantitative estimate of drug-likeness (QED) is 0.450. The highest BCUT2D eigenvalue weighted by molar-refractivity contribution is 8.00. The molecule has 3 atom stereocenters. The van der Waals surface area contributed by atoms with Gasteiger partial charge in [0.15, 0.2) is 0 Å². The summed E-state index contributed by atoms with van der Waals surface area (Å²) >= 11 is 1.60. The standard InChI is InChI=1S/C10H19N3O4S/c11-4-2-1-3-7-8(13-10(16)17)6(5-18-7)12-9(14)15/h6-8,12-13H,1-5,11H2,(H,14,15)(H,16,17)/t6-,7-,8-/m0/s1. The maximum absolute atomic E-state index is 10.7. The molecule has 0 spiro atoms. The Morgan fingerprint density at radius 1 is 1.22 bits per heavy atom. The van der Waals surface area contributed by atoms with Crippen LogP contribution in [0.5, 0.6) is 0 Å². The molecule has 0 aromatic carbocycles. The molecule has 1 aliphatic heterocycles. The third-order valence-corrected chi connectivity index (χ3v) is 4.37. The van der Waals surface area contributed by atoms with Gasteiger partial charge in [-0.25, -0.2) is 9.59 Å². The molecule has 0 aromatic rings. The maximum atomic E-state index is 10.7. The molecule has 18 heavy (non-hydrogen) atoms. The normalized spacial score (nSPS) is 26.8. The summed E-state index contributed by atoms with van der Waals surface area (Å²) < 4.78 is 0. The summed E-state index contributed by atoms with van der Waals surface area (Å²) in [6, 6.07) is -0.743. The second kappa shape index (κ2) is 7.32. The largest absolute Gasteiger partial charge is 0.465 e. The SMILES string of the molecule is NCCCC[C@@H]1SC[C@H](NC(=O)O)[C@@H]1NC(=O)O. The van der Waals surface area contributed by atoms with Crippen LogP contribution >= 0.6 is 11.8 Å². The van der Waals surface area contributed by atoms with Gasteiger partial charge in [-0.15, -0.1) is 0 Å². The minimum Gasteiger partial charge on any atom is -0.465 e. The lowest BCUT2D eigenvalue weighted by molar-refractivity contribution is 0.177. The van der Waals surface area contributed by atoms with Gasteiger partial charge in [0.1, 0.15) is 0 Å². The first-order valence-corrected chi connectivity index (χ1v) is 6.90. The van der Waals surface area contributed by atoms with Crippen molar-refractivity contribution in [2.75, 3.05) is 12.3 Å². The van der Waals surface area contributed by atoms with Crippen molar-refractivity contribution < 1.29 is 19.8 Å². The lowest BCUT2D eigenvalue weighted by Crippen LogP contribution is -2.52. The van der Waals surface area contributed by atoms with Crippen LogP contribution < -0.4 is 16.4 Å². The number of carboxylic acid groups (broad SMARTS) is 2. The maximum Gasteiger partial charge on any atom is 0.404 e. The first-order valence-electron chi connectivity index (χ1n) is 5.85. The first kappa shape index (κ1) is 14.9. The number of hydrogen-bond acceptors (Lipinski definition) is 4. The number of rotatable bonds is 6. The Kier molecular flexibility index (Phi) is 6.06. The van der Waals surface area contributed by atoms with Crippen LogP contribution in [0.1, 0.15) is 19.3 Å². The van der Waals surface area contributed by atoms with E-state index in [1.165, 1.54) is 0 Å². The second-order valence-corrected chi connectivity index (χ2v) is 5.46. The number of nitrogens with two attached hydrogens (primary N) is 1. The molecule has 8 heteroatoms. The fraction of sp³-hybridized carbons (Fsp3) is 0.800. The van der Waals surface area contributed by atoms with E-state index in [0.29, 0.717) is 12.3 Å². The van der Waals surface area contributed by atoms with Gasteiger partial charge in [-0.3, -0.25) is 0 Å². The van der Waals surface area contributed by atoms with Crippen molar-refractivity contribution >= 4 is 23.9 Å². The molecular weight excluding hydrogens is 258 g/mol. The molecule has 1 saturated heterocycles. The van der Waals surface area contributed by atoms with Crippen LogP contribution in [0, 0.1) is 0 Å². The van der Waals surface area contributed by atoms with Gasteiger partial charge in [-0.1, -0.05) is 6.42 Å². The minimum atomic E-state index is -1.12. The molecule has 1 aliphatic rings. The van der Waals surface area contributed by atoms with E-state index >= 15 is 0 Å². The minimum absolute atomic E-state index is 0.101. The van der Waals surface area contributed by atoms with Crippen molar-refractivity contribution in [1.82, 2.24) is 10.6 Å². The predicted octanol–water partition coefficient (Wildman–Crippen LogP) is 0.503. The van der Waals surface area contributed by atoms with Crippen molar-refractivity contribution in [1.29, 1.82) is 0 Å². The van der Waals surface area contributed by atoms with E-state index in [1.54, 1.807) is 11.8 Å². The summed E-state index contributed by atoms with van der Waals surface area (Å²) in [6.07, 6.45) is 0.411. The Morgan fingerprint density at radius 2 is 1.89 bits per heavy atom. The highest BCUT2D eigenvalue weighted by Gasteiger charge is 2.38. The molecule has 0 aromatic heterocycles. The molecule has 0 saturated carbocycles. The van der Waals surface area contributed by atoms with Gasteiger partial charge in [0.2, 0.25) is 0 Å². The Morgan fingerprint density at radius 3 is 2.44 bits per heavy atom. The average molecular weight is 277 g/mol. The summed E-state index contributed by atoms with van der Waals surface area (Å²) in [6.45, 7) is 0.616. The molecule has 2 amide bonds. The van der Waals surface area contributed by atoms with Crippen molar-refractivity contribution in [2.24, 2.45) is 5.73 Å². The van der Waals surface area contributed by atoms with E-state index in [-0.39, 0.29) is 17.3 Å². The molecule has 0 unspecified atom stereocenters. The molecule has 0 radical (unpaired) electrons. The highest BCUT2D eigenvalue weighted by Crippen LogP contribution is 2.31. The van der Waals surface area contributed by atoms with Gasteiger partial charge in [-0.2, -0.15) is 11.8 Å². The summed E-state index contributed by atoms with van der Waals surface area (Å²) in [5, 5.41) is 22.4. The van der Waals surface area contributed by atoms with Crippen LogP contribution in [0.3, 0.4) is 0 Å². The van der Waals surface area contributed by atoms with Crippen LogP contribution in [0.2, 0.25) is 0 Å². The number of unbranched alkanes of at least 4 members (excludes halogenated alkanes) is 1. The Balaban J connectivity index is 2.55. The number of carbonyl (C=O) groups is 2. The average Bonchev–Trinajstić information content (AvgIpc) is 2.61. The van der Waals surface area contributed by atoms with Gasteiger partial charge in [0.05, 0.1) is 12.1 Å². The summed E-state index contributed by atoms with van der Waals surface area (Å²) in [5.41, 5.74) is 5.42. The van der Waals surface area contributed by atoms with E-state index in [2.05, 4.69) is 10.6 Å². The van der Waals surface area contributed by atoms with Gasteiger partial charge in [0, 0.05) is 11.0 Å². The molecule has 6 N–H and O–H groups in total. The van der Waals surface area contributed by atoms with Crippen LogP contribution in [-0.4, -0.2) is 52.0 Å². The molecule has 0 bridgehead atoms. The van der Waals surface area contributed by atoms with Crippen molar-refractivity contribution in [3.8, 4) is 0 Å². The first-order chi connectivity index (χ1) is 8.54. The molecular formula is C10H19N3O4S. The summed E-state index contributed by atoms with van der Waals surface area (Å²) in [7, 11) is 0. The van der Waals surface area contributed by atoms with E-state index in [4.69, 9.17) is 15.9 Å². The molecule has 104 valence electrons. The Hall–Kier alpha value is -1.15. The zero-order chi connectivity index (χ0) is 13.5. The molecule has 1 heterocycles. The second-order valence-electron chi connectivity index (χ2n) is 4.19. The molecule has 7 nitrogen and oxygen atoms in total. The van der Waals surface area contributed by atoms with Gasteiger partial charge in [0.25, 0.3) is 0 Å². The summed E-state index contributed by atoms with van der Waals surface area (Å²) in [4.78, 5) is 21.4. The van der Waals surface area contributed by atoms with E-state index < -0.39 is 12.2 Å². The Labute approximate surface area is 109 Å². The monoisotopic (exact) mass is 277 g/mol. The van der Waals surface area contributed by atoms with Crippen LogP contribution in [0.25, 0.3) is 0 Å². The zero-order valence-corrected chi connectivity index (χ0v) is 10.8.